The lowest BCUT2D eigenvalue weighted by Gasteiger charge is -2.36. The van der Waals surface area contributed by atoms with Crippen LogP contribution in [0.15, 0.2) is 72.8 Å². The first kappa shape index (κ1) is 28.8. The van der Waals surface area contributed by atoms with E-state index in [0.717, 1.165) is 85.5 Å². The van der Waals surface area contributed by atoms with Gasteiger partial charge in [-0.1, -0.05) is 37.3 Å². The number of hydrogen-bond donors (Lipinski definition) is 1. The van der Waals surface area contributed by atoms with Crippen LogP contribution in [-0.4, -0.2) is 74.2 Å². The van der Waals surface area contributed by atoms with Gasteiger partial charge in [0, 0.05) is 61.5 Å². The number of rotatable bonds is 11. The number of carbonyl (C=O) groups is 1. The molecule has 4 aromatic rings. The van der Waals surface area contributed by atoms with Crippen molar-refractivity contribution < 1.29 is 14.3 Å². The van der Waals surface area contributed by atoms with Crippen LogP contribution in [-0.2, 0) is 6.54 Å². The standard InChI is InChI=1S/C35H41N5O3/c1-4-38-19-21-39(22-20-38)31-12-7-10-27-28(31)24-40(35(27)41)30(26-14-16-32(42-2)33(23-26)43-3)13-8-18-36-34-17-15-25-9-5-6-11-29(25)37-34/h5-7,9-12,14-17,23,30H,4,8,13,18-22,24H2,1-3H3,(H,36,37). The maximum absolute atomic E-state index is 14.0. The van der Waals surface area contributed by atoms with Crippen LogP contribution in [0.4, 0.5) is 11.5 Å². The minimum Gasteiger partial charge on any atom is -0.493 e. The molecule has 8 nitrogen and oxygen atoms in total. The van der Waals surface area contributed by atoms with Gasteiger partial charge in [0.1, 0.15) is 5.82 Å². The molecule has 3 heterocycles. The molecule has 0 radical (unpaired) electrons. The molecule has 0 bridgehead atoms. The topological polar surface area (TPSA) is 70.2 Å². The van der Waals surface area contributed by atoms with Crippen LogP contribution >= 0.6 is 0 Å². The lowest BCUT2D eigenvalue weighted by atomic mass is 9.99. The SMILES string of the molecule is CCN1CCN(c2cccc3c2CN(C(CCCNc2ccc4ccccc4n2)c2ccc(OC)c(OC)c2)C3=O)CC1. The van der Waals surface area contributed by atoms with Crippen LogP contribution in [0.5, 0.6) is 11.5 Å². The fourth-order valence-corrected chi connectivity index (χ4v) is 6.43. The summed E-state index contributed by atoms with van der Waals surface area (Å²) in [5.74, 6) is 2.30. The van der Waals surface area contributed by atoms with Crippen LogP contribution < -0.4 is 19.7 Å². The number of hydrogen-bond acceptors (Lipinski definition) is 7. The lowest BCUT2D eigenvalue weighted by molar-refractivity contribution is 0.0690. The summed E-state index contributed by atoms with van der Waals surface area (Å²) in [5.41, 5.74) is 5.17. The molecule has 224 valence electrons. The Balaban J connectivity index is 1.23. The number of amides is 1. The fraction of sp³-hybridized carbons (Fsp3) is 0.371. The van der Waals surface area contributed by atoms with Crippen molar-refractivity contribution in [3.05, 3.63) is 89.5 Å². The summed E-state index contributed by atoms with van der Waals surface area (Å²) in [6.07, 6.45) is 1.65. The first-order valence-electron chi connectivity index (χ1n) is 15.3. The molecule has 6 rings (SSSR count). The van der Waals surface area contributed by atoms with Crippen molar-refractivity contribution in [1.82, 2.24) is 14.8 Å². The van der Waals surface area contributed by atoms with Crippen molar-refractivity contribution in [2.75, 3.05) is 63.7 Å². The highest BCUT2D eigenvalue weighted by atomic mass is 16.5. The Kier molecular flexibility index (Phi) is 8.65. The van der Waals surface area contributed by atoms with Gasteiger partial charge < -0.3 is 29.5 Å². The number of ether oxygens (including phenoxy) is 2. The normalized spacial score (nSPS) is 15.9. The van der Waals surface area contributed by atoms with E-state index in [2.05, 4.69) is 46.3 Å². The Bertz CT molecular complexity index is 1580. The summed E-state index contributed by atoms with van der Waals surface area (Å²) < 4.78 is 11.2. The van der Waals surface area contributed by atoms with Gasteiger partial charge in [0.05, 0.1) is 25.8 Å². The number of benzene rings is 3. The van der Waals surface area contributed by atoms with Crippen molar-refractivity contribution in [3.8, 4) is 11.5 Å². The van der Waals surface area contributed by atoms with Gasteiger partial charge >= 0.3 is 0 Å². The fourth-order valence-electron chi connectivity index (χ4n) is 6.43. The highest BCUT2D eigenvalue weighted by molar-refractivity contribution is 6.00. The van der Waals surface area contributed by atoms with E-state index in [0.29, 0.717) is 18.0 Å². The smallest absolute Gasteiger partial charge is 0.255 e. The second-order valence-corrected chi connectivity index (χ2v) is 11.2. The zero-order valence-electron chi connectivity index (χ0n) is 25.4. The summed E-state index contributed by atoms with van der Waals surface area (Å²) >= 11 is 0. The summed E-state index contributed by atoms with van der Waals surface area (Å²) in [7, 11) is 3.29. The number of nitrogens with one attached hydrogen (secondary N) is 1. The van der Waals surface area contributed by atoms with Gasteiger partial charge in [-0.2, -0.15) is 0 Å². The minimum atomic E-state index is -0.115. The van der Waals surface area contributed by atoms with Gasteiger partial charge in [-0.25, -0.2) is 4.98 Å². The largest absolute Gasteiger partial charge is 0.493 e. The van der Waals surface area contributed by atoms with Crippen molar-refractivity contribution in [2.45, 2.75) is 32.4 Å². The van der Waals surface area contributed by atoms with Gasteiger partial charge in [0.25, 0.3) is 5.91 Å². The third-order valence-corrected chi connectivity index (χ3v) is 8.86. The number of anilines is 2. The van der Waals surface area contributed by atoms with Crippen molar-refractivity contribution >= 4 is 28.3 Å². The molecule has 1 aromatic heterocycles. The molecule has 1 N–H and O–H groups in total. The van der Waals surface area contributed by atoms with E-state index in [-0.39, 0.29) is 11.9 Å². The molecule has 2 aliphatic heterocycles. The number of pyridine rings is 1. The molecule has 2 aliphatic rings. The number of para-hydroxylation sites is 1. The maximum atomic E-state index is 14.0. The number of methoxy groups -OCH3 is 2. The summed E-state index contributed by atoms with van der Waals surface area (Å²) in [6, 6.07) is 24.4. The monoisotopic (exact) mass is 579 g/mol. The molecular weight excluding hydrogens is 538 g/mol. The van der Waals surface area contributed by atoms with E-state index in [1.54, 1.807) is 14.2 Å². The molecule has 1 atom stereocenters. The molecule has 43 heavy (non-hydrogen) atoms. The van der Waals surface area contributed by atoms with Crippen LogP contribution in [0.1, 0.15) is 47.3 Å². The lowest BCUT2D eigenvalue weighted by Crippen LogP contribution is -2.46. The molecule has 1 amide bonds. The van der Waals surface area contributed by atoms with E-state index < -0.39 is 0 Å². The van der Waals surface area contributed by atoms with Gasteiger partial charge in [-0.05, 0) is 67.4 Å². The second-order valence-electron chi connectivity index (χ2n) is 11.2. The minimum absolute atomic E-state index is 0.0907. The molecule has 3 aromatic carbocycles. The number of likely N-dealkylation sites (N-methyl/N-ethyl adjacent to an activating group) is 1. The van der Waals surface area contributed by atoms with Gasteiger partial charge in [0.15, 0.2) is 11.5 Å². The highest BCUT2D eigenvalue weighted by Crippen LogP contribution is 2.40. The van der Waals surface area contributed by atoms with Crippen molar-refractivity contribution in [2.24, 2.45) is 0 Å². The van der Waals surface area contributed by atoms with Crippen molar-refractivity contribution in [3.63, 3.8) is 0 Å². The molecule has 1 fully saturated rings. The third-order valence-electron chi connectivity index (χ3n) is 8.86. The van der Waals surface area contributed by atoms with E-state index in [4.69, 9.17) is 14.5 Å². The number of piperazine rings is 1. The summed E-state index contributed by atoms with van der Waals surface area (Å²) in [6.45, 7) is 8.68. The summed E-state index contributed by atoms with van der Waals surface area (Å²) in [4.78, 5) is 25.8. The molecular formula is C35H41N5O3. The van der Waals surface area contributed by atoms with Crippen LogP contribution in [0.2, 0.25) is 0 Å². The first-order valence-corrected chi connectivity index (χ1v) is 15.3. The van der Waals surface area contributed by atoms with Crippen molar-refractivity contribution in [1.29, 1.82) is 0 Å². The van der Waals surface area contributed by atoms with Gasteiger partial charge in [-0.15, -0.1) is 0 Å². The van der Waals surface area contributed by atoms with Crippen LogP contribution in [0.3, 0.4) is 0 Å². The number of carbonyl (C=O) groups excluding carboxylic acids is 1. The molecule has 0 saturated carbocycles. The quantitative estimate of drug-likeness (QED) is 0.219. The number of fused-ring (bicyclic) bond motifs is 2. The average molecular weight is 580 g/mol. The molecule has 0 spiro atoms. The maximum Gasteiger partial charge on any atom is 0.255 e. The predicted molar refractivity (Wildman–Crippen MR) is 172 cm³/mol. The molecule has 1 unspecified atom stereocenters. The van der Waals surface area contributed by atoms with Gasteiger partial charge in [0.2, 0.25) is 0 Å². The Morgan fingerprint density at radius 2 is 1.72 bits per heavy atom. The average Bonchev–Trinajstić information content (AvgIpc) is 3.40. The predicted octanol–water partition coefficient (Wildman–Crippen LogP) is 5.98. The zero-order chi connectivity index (χ0) is 29.8. The Hall–Kier alpha value is -4.30. The van der Waals surface area contributed by atoms with E-state index in [1.807, 2.05) is 53.4 Å². The highest BCUT2D eigenvalue weighted by Gasteiger charge is 2.36. The number of nitrogens with zero attached hydrogens (tertiary/aromatic N) is 4. The third kappa shape index (κ3) is 5.97. The molecule has 0 aliphatic carbocycles. The second kappa shape index (κ2) is 12.9. The summed E-state index contributed by atoms with van der Waals surface area (Å²) in [5, 5.41) is 4.62. The number of aromatic nitrogens is 1. The molecule has 8 heteroatoms. The molecule has 1 saturated heterocycles. The van der Waals surface area contributed by atoms with Crippen LogP contribution in [0.25, 0.3) is 10.9 Å². The van der Waals surface area contributed by atoms with E-state index >= 15 is 0 Å². The Morgan fingerprint density at radius 3 is 2.51 bits per heavy atom. The first-order chi connectivity index (χ1) is 21.1. The van der Waals surface area contributed by atoms with Crippen LogP contribution in [0, 0.1) is 0 Å². The Morgan fingerprint density at radius 1 is 0.907 bits per heavy atom. The zero-order valence-corrected chi connectivity index (χ0v) is 25.4. The van der Waals surface area contributed by atoms with E-state index in [1.165, 1.54) is 5.69 Å². The van der Waals surface area contributed by atoms with Gasteiger partial charge in [-0.3, -0.25) is 4.79 Å². The van der Waals surface area contributed by atoms with E-state index in [9.17, 15) is 4.79 Å². The Labute approximate surface area is 254 Å².